The van der Waals surface area contributed by atoms with Gasteiger partial charge in [0.2, 0.25) is 5.88 Å². The summed E-state index contributed by atoms with van der Waals surface area (Å²) in [6, 6.07) is 9.20. The van der Waals surface area contributed by atoms with Gasteiger partial charge in [-0.3, -0.25) is 5.41 Å². The minimum Gasteiger partial charge on any atom is -0.439 e. The number of aryl methyl sites for hydroxylation is 1. The summed E-state index contributed by atoms with van der Waals surface area (Å²) in [6.45, 7) is 4.03. The van der Waals surface area contributed by atoms with Crippen LogP contribution in [0.5, 0.6) is 11.6 Å². The number of benzene rings is 1. The third-order valence-corrected chi connectivity index (χ3v) is 2.82. The Hall–Kier alpha value is -2.36. The zero-order valence-electron chi connectivity index (χ0n) is 10.4. The number of ether oxygens (including phenoxy) is 1. The van der Waals surface area contributed by atoms with Crippen LogP contribution in [0.2, 0.25) is 0 Å². The number of hydrogen-bond donors (Lipinski definition) is 2. The second-order valence-corrected chi connectivity index (χ2v) is 4.10. The number of aromatic nitrogens is 1. The number of rotatable bonds is 3. The smallest absolute Gasteiger partial charge is 0.219 e. The summed E-state index contributed by atoms with van der Waals surface area (Å²) in [5, 5.41) is 7.38. The summed E-state index contributed by atoms with van der Waals surface area (Å²) in [5.74, 6) is 1.21. The first-order chi connectivity index (χ1) is 8.58. The van der Waals surface area contributed by atoms with Crippen LogP contribution in [0.4, 0.5) is 0 Å². The first kappa shape index (κ1) is 12.1. The molecule has 1 aromatic heterocycles. The Labute approximate surface area is 106 Å². The highest BCUT2D eigenvalue weighted by Gasteiger charge is 2.05. The van der Waals surface area contributed by atoms with Crippen LogP contribution in [0.1, 0.15) is 16.7 Å². The maximum absolute atomic E-state index is 7.38. The Balaban J connectivity index is 2.31. The quantitative estimate of drug-likeness (QED) is 0.641. The van der Waals surface area contributed by atoms with Crippen molar-refractivity contribution in [3.05, 3.63) is 53.2 Å². The fourth-order valence-corrected chi connectivity index (χ4v) is 1.58. The van der Waals surface area contributed by atoms with E-state index in [1.807, 2.05) is 32.0 Å². The average Bonchev–Trinajstić information content (AvgIpc) is 2.35. The van der Waals surface area contributed by atoms with E-state index < -0.39 is 0 Å². The molecule has 18 heavy (non-hydrogen) atoms. The molecule has 0 aliphatic heterocycles. The van der Waals surface area contributed by atoms with Gasteiger partial charge in [-0.1, -0.05) is 12.1 Å². The number of nitrogen functional groups attached to an aromatic ring is 1. The normalized spacial score (nSPS) is 10.1. The molecule has 1 aromatic carbocycles. The lowest BCUT2D eigenvalue weighted by Gasteiger charge is -2.10. The molecule has 0 fully saturated rings. The fraction of sp³-hybridized carbons (Fsp3) is 0.143. The molecule has 2 rings (SSSR count). The molecule has 0 spiro atoms. The van der Waals surface area contributed by atoms with Crippen LogP contribution in [-0.2, 0) is 0 Å². The van der Waals surface area contributed by atoms with Gasteiger partial charge in [0.25, 0.3) is 0 Å². The molecule has 0 aliphatic carbocycles. The van der Waals surface area contributed by atoms with Crippen molar-refractivity contribution in [2.45, 2.75) is 13.8 Å². The van der Waals surface area contributed by atoms with E-state index in [0.29, 0.717) is 11.4 Å². The molecular weight excluding hydrogens is 226 g/mol. The largest absolute Gasteiger partial charge is 0.439 e. The zero-order chi connectivity index (χ0) is 13.1. The van der Waals surface area contributed by atoms with Crippen molar-refractivity contribution < 1.29 is 4.74 Å². The molecule has 0 amide bonds. The molecule has 0 unspecified atom stereocenters. The lowest BCUT2D eigenvalue weighted by Crippen LogP contribution is -2.11. The van der Waals surface area contributed by atoms with Crippen molar-refractivity contribution in [1.29, 1.82) is 5.41 Å². The highest BCUT2D eigenvalue weighted by atomic mass is 16.5. The Morgan fingerprint density at radius 1 is 1.28 bits per heavy atom. The monoisotopic (exact) mass is 241 g/mol. The number of pyridine rings is 1. The van der Waals surface area contributed by atoms with Crippen LogP contribution in [0.3, 0.4) is 0 Å². The van der Waals surface area contributed by atoms with Gasteiger partial charge in [0.1, 0.15) is 11.6 Å². The highest BCUT2D eigenvalue weighted by molar-refractivity contribution is 5.95. The Morgan fingerprint density at radius 3 is 2.78 bits per heavy atom. The highest BCUT2D eigenvalue weighted by Crippen LogP contribution is 2.25. The molecule has 0 saturated carbocycles. The molecule has 0 radical (unpaired) electrons. The van der Waals surface area contributed by atoms with E-state index in [4.69, 9.17) is 15.9 Å². The second-order valence-electron chi connectivity index (χ2n) is 4.10. The lowest BCUT2D eigenvalue weighted by molar-refractivity contribution is 0.459. The van der Waals surface area contributed by atoms with Crippen LogP contribution >= 0.6 is 0 Å². The Kier molecular flexibility index (Phi) is 3.28. The van der Waals surface area contributed by atoms with Crippen LogP contribution in [-0.4, -0.2) is 10.8 Å². The molecule has 1 heterocycles. The second kappa shape index (κ2) is 4.87. The zero-order valence-corrected chi connectivity index (χ0v) is 10.4. The lowest BCUT2D eigenvalue weighted by atomic mass is 10.1. The molecule has 92 valence electrons. The van der Waals surface area contributed by atoms with E-state index >= 15 is 0 Å². The van der Waals surface area contributed by atoms with Crippen molar-refractivity contribution in [2.24, 2.45) is 5.73 Å². The number of hydrogen-bond acceptors (Lipinski definition) is 3. The number of nitrogens with two attached hydrogens (primary N) is 1. The van der Waals surface area contributed by atoms with E-state index in [0.717, 1.165) is 16.9 Å². The van der Waals surface area contributed by atoms with Crippen molar-refractivity contribution in [3.8, 4) is 11.6 Å². The fourth-order valence-electron chi connectivity index (χ4n) is 1.58. The first-order valence-electron chi connectivity index (χ1n) is 5.62. The average molecular weight is 241 g/mol. The van der Waals surface area contributed by atoms with Gasteiger partial charge in [-0.2, -0.15) is 0 Å². The van der Waals surface area contributed by atoms with Crippen LogP contribution in [0.25, 0.3) is 0 Å². The number of nitrogens with zero attached hydrogens (tertiary/aromatic N) is 1. The van der Waals surface area contributed by atoms with Crippen LogP contribution < -0.4 is 10.5 Å². The summed E-state index contributed by atoms with van der Waals surface area (Å²) in [6.07, 6.45) is 1.58. The van der Waals surface area contributed by atoms with Crippen LogP contribution in [0.15, 0.2) is 36.5 Å². The van der Waals surface area contributed by atoms with Gasteiger partial charge >= 0.3 is 0 Å². The van der Waals surface area contributed by atoms with Gasteiger partial charge in [0, 0.05) is 17.8 Å². The number of nitrogens with one attached hydrogen (secondary N) is 1. The molecule has 4 heteroatoms. The maximum atomic E-state index is 7.38. The minimum absolute atomic E-state index is 0.00298. The van der Waals surface area contributed by atoms with Gasteiger partial charge in [-0.05, 0) is 37.1 Å². The molecule has 0 atom stereocenters. The first-order valence-corrected chi connectivity index (χ1v) is 5.62. The number of amidine groups is 1. The van der Waals surface area contributed by atoms with Gasteiger partial charge in [0.15, 0.2) is 0 Å². The summed E-state index contributed by atoms with van der Waals surface area (Å²) >= 11 is 0. The predicted molar refractivity (Wildman–Crippen MR) is 71.2 cm³/mol. The molecule has 0 aliphatic rings. The molecule has 0 bridgehead atoms. The SMILES string of the molecule is Cc1cccc(Oc2cc(C(=N)N)ccn2)c1C. The molecule has 2 aromatic rings. The van der Waals surface area contributed by atoms with Crippen LogP contribution in [0, 0.1) is 19.3 Å². The molecule has 4 nitrogen and oxygen atoms in total. The van der Waals surface area contributed by atoms with Gasteiger partial charge in [-0.15, -0.1) is 0 Å². The minimum atomic E-state index is 0.00298. The maximum Gasteiger partial charge on any atom is 0.219 e. The van der Waals surface area contributed by atoms with Gasteiger partial charge in [0.05, 0.1) is 0 Å². The third-order valence-electron chi connectivity index (χ3n) is 2.82. The summed E-state index contributed by atoms with van der Waals surface area (Å²) in [5.41, 5.74) is 8.27. The molecule has 0 saturated heterocycles. The van der Waals surface area contributed by atoms with E-state index in [1.165, 1.54) is 0 Å². The summed E-state index contributed by atoms with van der Waals surface area (Å²) < 4.78 is 5.72. The molecular formula is C14H15N3O. The Bertz CT molecular complexity index is 593. The predicted octanol–water partition coefficient (Wildman–Crippen LogP) is 2.77. The van der Waals surface area contributed by atoms with E-state index in [1.54, 1.807) is 18.3 Å². The van der Waals surface area contributed by atoms with Gasteiger partial charge in [-0.25, -0.2) is 4.98 Å². The van der Waals surface area contributed by atoms with Crippen molar-refractivity contribution in [3.63, 3.8) is 0 Å². The topological polar surface area (TPSA) is 72.0 Å². The van der Waals surface area contributed by atoms with Crippen molar-refractivity contribution in [1.82, 2.24) is 4.98 Å². The van der Waals surface area contributed by atoms with Gasteiger partial charge < -0.3 is 10.5 Å². The Morgan fingerprint density at radius 2 is 2.06 bits per heavy atom. The summed E-state index contributed by atoms with van der Waals surface area (Å²) in [4.78, 5) is 4.11. The van der Waals surface area contributed by atoms with E-state index in [-0.39, 0.29) is 5.84 Å². The summed E-state index contributed by atoms with van der Waals surface area (Å²) in [7, 11) is 0. The van der Waals surface area contributed by atoms with E-state index in [9.17, 15) is 0 Å². The molecule has 3 N–H and O–H groups in total. The van der Waals surface area contributed by atoms with E-state index in [2.05, 4.69) is 4.98 Å². The standard InChI is InChI=1S/C14H15N3O/c1-9-4-3-5-12(10(9)2)18-13-8-11(14(15)16)6-7-17-13/h3-8H,1-2H3,(H3,15,16). The van der Waals surface area contributed by atoms with Crippen molar-refractivity contribution >= 4 is 5.84 Å². The third kappa shape index (κ3) is 2.48. The van der Waals surface area contributed by atoms with Crippen molar-refractivity contribution in [2.75, 3.05) is 0 Å².